The highest BCUT2D eigenvalue weighted by atomic mass is 16.3. The van der Waals surface area contributed by atoms with Crippen LogP contribution in [-0.2, 0) is 4.79 Å². The monoisotopic (exact) mass is 360 g/mol. The van der Waals surface area contributed by atoms with E-state index in [0.717, 1.165) is 16.9 Å². The maximum Gasteiger partial charge on any atom is 0.233 e. The molecule has 1 aromatic carbocycles. The smallest absolute Gasteiger partial charge is 0.233 e. The van der Waals surface area contributed by atoms with Crippen LogP contribution in [0, 0.1) is 0 Å². The molecule has 0 aliphatic carbocycles. The maximum absolute atomic E-state index is 12.6. The summed E-state index contributed by atoms with van der Waals surface area (Å²) in [5.41, 5.74) is 3.19. The van der Waals surface area contributed by atoms with Crippen molar-refractivity contribution in [1.82, 2.24) is 14.6 Å². The molecule has 3 aromatic heterocycles. The number of nitrogens with zero attached hydrogens (tertiary/aromatic N) is 4. The van der Waals surface area contributed by atoms with Gasteiger partial charge in [-0.25, -0.2) is 9.50 Å². The molecule has 0 spiro atoms. The van der Waals surface area contributed by atoms with Crippen molar-refractivity contribution < 1.29 is 14.0 Å². The lowest BCUT2D eigenvalue weighted by Gasteiger charge is -2.16. The van der Waals surface area contributed by atoms with Crippen molar-refractivity contribution in [3.8, 4) is 11.3 Å². The van der Waals surface area contributed by atoms with E-state index in [1.807, 2.05) is 30.3 Å². The van der Waals surface area contributed by atoms with Crippen LogP contribution in [-0.4, -0.2) is 33.3 Å². The van der Waals surface area contributed by atoms with Crippen molar-refractivity contribution in [1.29, 1.82) is 0 Å². The fourth-order valence-electron chi connectivity index (χ4n) is 2.87. The molecular formula is C20H16N4O3. The van der Waals surface area contributed by atoms with E-state index in [2.05, 4.69) is 10.1 Å². The molecule has 0 bridgehead atoms. The molecule has 0 atom stereocenters. The molecule has 1 amide bonds. The third kappa shape index (κ3) is 2.89. The summed E-state index contributed by atoms with van der Waals surface area (Å²) < 4.78 is 6.81. The van der Waals surface area contributed by atoms with E-state index in [1.54, 1.807) is 34.8 Å². The average Bonchev–Trinajstić information content (AvgIpc) is 3.36. The molecule has 0 radical (unpaired) electrons. The van der Waals surface area contributed by atoms with Gasteiger partial charge < -0.3 is 9.32 Å². The van der Waals surface area contributed by atoms with Crippen molar-refractivity contribution in [3.05, 3.63) is 72.4 Å². The lowest BCUT2D eigenvalue weighted by Crippen LogP contribution is -2.22. The van der Waals surface area contributed by atoms with Gasteiger partial charge in [0.15, 0.2) is 11.4 Å². The highest BCUT2D eigenvalue weighted by Crippen LogP contribution is 2.26. The lowest BCUT2D eigenvalue weighted by molar-refractivity contribution is -0.116. The molecule has 0 unspecified atom stereocenters. The van der Waals surface area contributed by atoms with E-state index >= 15 is 0 Å². The van der Waals surface area contributed by atoms with Crippen LogP contribution >= 0.6 is 0 Å². The molecule has 4 rings (SSSR count). The number of benzene rings is 1. The van der Waals surface area contributed by atoms with Gasteiger partial charge >= 0.3 is 0 Å². The van der Waals surface area contributed by atoms with Crippen LogP contribution in [0.1, 0.15) is 23.0 Å². The SMILES string of the molecule is CC(=O)N(C)c1cccc(-c2ccnc3c(C(=O)c4ccco4)cnn23)c1. The van der Waals surface area contributed by atoms with Crippen molar-refractivity contribution in [2.45, 2.75) is 6.92 Å². The average molecular weight is 360 g/mol. The third-order valence-corrected chi connectivity index (χ3v) is 4.39. The van der Waals surface area contributed by atoms with Crippen LogP contribution < -0.4 is 4.90 Å². The largest absolute Gasteiger partial charge is 0.461 e. The molecule has 27 heavy (non-hydrogen) atoms. The quantitative estimate of drug-likeness (QED) is 0.522. The van der Waals surface area contributed by atoms with Gasteiger partial charge in [0, 0.05) is 31.4 Å². The number of carbonyl (C=O) groups is 2. The highest BCUT2D eigenvalue weighted by Gasteiger charge is 2.19. The van der Waals surface area contributed by atoms with Crippen molar-refractivity contribution in [2.75, 3.05) is 11.9 Å². The van der Waals surface area contributed by atoms with E-state index in [9.17, 15) is 9.59 Å². The third-order valence-electron chi connectivity index (χ3n) is 4.39. The van der Waals surface area contributed by atoms with Gasteiger partial charge in [-0.1, -0.05) is 12.1 Å². The zero-order chi connectivity index (χ0) is 19.0. The zero-order valence-electron chi connectivity index (χ0n) is 14.8. The summed E-state index contributed by atoms with van der Waals surface area (Å²) >= 11 is 0. The molecule has 0 N–H and O–H groups in total. The number of carbonyl (C=O) groups excluding carboxylic acids is 2. The second-order valence-corrected chi connectivity index (χ2v) is 6.06. The Balaban J connectivity index is 1.82. The molecule has 0 aliphatic heterocycles. The first-order valence-corrected chi connectivity index (χ1v) is 8.32. The minimum absolute atomic E-state index is 0.0579. The fourth-order valence-corrected chi connectivity index (χ4v) is 2.87. The Labute approximate surface area is 154 Å². The summed E-state index contributed by atoms with van der Waals surface area (Å²) in [5, 5.41) is 4.35. The topological polar surface area (TPSA) is 80.7 Å². The Hall–Kier alpha value is -3.74. The van der Waals surface area contributed by atoms with E-state index in [1.165, 1.54) is 19.4 Å². The van der Waals surface area contributed by atoms with Gasteiger partial charge in [0.05, 0.1) is 23.7 Å². The molecule has 0 aliphatic rings. The van der Waals surface area contributed by atoms with Gasteiger partial charge in [0.1, 0.15) is 0 Å². The first kappa shape index (κ1) is 16.7. The van der Waals surface area contributed by atoms with Crippen molar-refractivity contribution in [2.24, 2.45) is 0 Å². The number of aromatic nitrogens is 3. The highest BCUT2D eigenvalue weighted by molar-refractivity contribution is 6.10. The minimum atomic E-state index is -0.273. The molecule has 0 saturated heterocycles. The Kier molecular flexibility index (Phi) is 4.04. The van der Waals surface area contributed by atoms with Gasteiger partial charge in [0.25, 0.3) is 0 Å². The normalized spacial score (nSPS) is 10.9. The maximum atomic E-state index is 12.6. The summed E-state index contributed by atoms with van der Waals surface area (Å²) in [7, 11) is 1.72. The Morgan fingerprint density at radius 1 is 1.15 bits per heavy atom. The van der Waals surface area contributed by atoms with Crippen LogP contribution in [0.25, 0.3) is 16.9 Å². The predicted octanol–water partition coefficient (Wildman–Crippen LogP) is 3.20. The van der Waals surface area contributed by atoms with Crippen molar-refractivity contribution in [3.63, 3.8) is 0 Å². The Morgan fingerprint density at radius 3 is 2.74 bits per heavy atom. The number of amides is 1. The number of rotatable bonds is 4. The van der Waals surface area contributed by atoms with Crippen LogP contribution in [0.3, 0.4) is 0 Å². The summed E-state index contributed by atoms with van der Waals surface area (Å²) in [6.45, 7) is 1.51. The second-order valence-electron chi connectivity index (χ2n) is 6.06. The van der Waals surface area contributed by atoms with Crippen LogP contribution in [0.4, 0.5) is 5.69 Å². The van der Waals surface area contributed by atoms with Crippen LogP contribution in [0.15, 0.2) is 65.5 Å². The standard InChI is InChI=1S/C20H16N4O3/c1-13(25)23(2)15-6-3-5-14(11-15)17-8-9-21-20-16(12-22-24(17)20)19(26)18-7-4-10-27-18/h3-12H,1-2H3. The summed E-state index contributed by atoms with van der Waals surface area (Å²) in [5.74, 6) is -0.0932. The molecule has 7 nitrogen and oxygen atoms in total. The first-order valence-electron chi connectivity index (χ1n) is 8.32. The summed E-state index contributed by atoms with van der Waals surface area (Å²) in [6.07, 6.45) is 4.57. The summed E-state index contributed by atoms with van der Waals surface area (Å²) in [6, 6.07) is 12.6. The number of furan rings is 1. The van der Waals surface area contributed by atoms with Gasteiger partial charge in [-0.15, -0.1) is 0 Å². The van der Waals surface area contributed by atoms with Gasteiger partial charge in [-0.3, -0.25) is 9.59 Å². The first-order chi connectivity index (χ1) is 13.1. The summed E-state index contributed by atoms with van der Waals surface area (Å²) in [4.78, 5) is 30.1. The van der Waals surface area contributed by atoms with Crippen LogP contribution in [0.5, 0.6) is 0 Å². The van der Waals surface area contributed by atoms with E-state index < -0.39 is 0 Å². The molecule has 134 valence electrons. The lowest BCUT2D eigenvalue weighted by atomic mass is 10.1. The number of anilines is 1. The number of fused-ring (bicyclic) bond motifs is 1. The second kappa shape index (κ2) is 6.53. The molecular weight excluding hydrogens is 344 g/mol. The zero-order valence-corrected chi connectivity index (χ0v) is 14.8. The molecule has 4 aromatic rings. The van der Waals surface area contributed by atoms with Gasteiger partial charge in [-0.05, 0) is 30.3 Å². The molecule has 7 heteroatoms. The number of hydrogen-bond donors (Lipinski definition) is 0. The van der Waals surface area contributed by atoms with Crippen molar-refractivity contribution >= 4 is 23.0 Å². The Morgan fingerprint density at radius 2 is 2.00 bits per heavy atom. The molecule has 0 fully saturated rings. The predicted molar refractivity (Wildman–Crippen MR) is 99.6 cm³/mol. The number of hydrogen-bond acceptors (Lipinski definition) is 5. The van der Waals surface area contributed by atoms with Crippen LogP contribution in [0.2, 0.25) is 0 Å². The van der Waals surface area contributed by atoms with E-state index in [0.29, 0.717) is 11.2 Å². The van der Waals surface area contributed by atoms with E-state index in [-0.39, 0.29) is 17.5 Å². The molecule has 0 saturated carbocycles. The number of ketones is 1. The van der Waals surface area contributed by atoms with Gasteiger partial charge in [0.2, 0.25) is 11.7 Å². The molecule has 3 heterocycles. The fraction of sp³-hybridized carbons (Fsp3) is 0.100. The Bertz CT molecular complexity index is 1150. The van der Waals surface area contributed by atoms with Gasteiger partial charge in [-0.2, -0.15) is 5.10 Å². The van der Waals surface area contributed by atoms with E-state index in [4.69, 9.17) is 4.42 Å². The minimum Gasteiger partial charge on any atom is -0.461 e.